The van der Waals surface area contributed by atoms with E-state index in [1.54, 1.807) is 17.7 Å². The molecule has 4 aromatic rings. The van der Waals surface area contributed by atoms with Crippen molar-refractivity contribution in [2.75, 3.05) is 0 Å². The van der Waals surface area contributed by atoms with Crippen LogP contribution in [0.15, 0.2) is 39.8 Å². The molecular weight excluding hydrogens is 360 g/mol. The second-order valence-corrected chi connectivity index (χ2v) is 7.86. The van der Waals surface area contributed by atoms with Gasteiger partial charge in [0.15, 0.2) is 0 Å². The Bertz CT molecular complexity index is 1230. The summed E-state index contributed by atoms with van der Waals surface area (Å²) in [7, 11) is 0. The Morgan fingerprint density at radius 3 is 3.04 bits per heavy atom. The van der Waals surface area contributed by atoms with Gasteiger partial charge >= 0.3 is 5.63 Å². The summed E-state index contributed by atoms with van der Waals surface area (Å²) in [6.07, 6.45) is 5.78. The molecule has 0 saturated heterocycles. The molecule has 0 bridgehead atoms. The first kappa shape index (κ1) is 16.4. The molecule has 1 aliphatic carbocycles. The molecule has 27 heavy (non-hydrogen) atoms. The molecule has 5 nitrogen and oxygen atoms in total. The molecule has 0 fully saturated rings. The van der Waals surface area contributed by atoms with Gasteiger partial charge in [0.05, 0.1) is 5.39 Å². The monoisotopic (exact) mass is 378 g/mol. The Hall–Kier alpha value is -2.73. The summed E-state index contributed by atoms with van der Waals surface area (Å²) in [5.74, 6) is 0.603. The first-order valence-electron chi connectivity index (χ1n) is 9.16. The van der Waals surface area contributed by atoms with Crippen LogP contribution in [-0.2, 0) is 25.9 Å². The number of nitrogens with zero attached hydrogens (tertiary/aromatic N) is 2. The van der Waals surface area contributed by atoms with Crippen molar-refractivity contribution >= 4 is 32.5 Å². The van der Waals surface area contributed by atoms with Gasteiger partial charge in [0.1, 0.15) is 23.3 Å². The van der Waals surface area contributed by atoms with Crippen LogP contribution in [0.2, 0.25) is 0 Å². The topological polar surface area (TPSA) is 65.2 Å². The van der Waals surface area contributed by atoms with Gasteiger partial charge in [-0.15, -0.1) is 11.3 Å². The summed E-state index contributed by atoms with van der Waals surface area (Å²) in [6.45, 7) is 2.34. The van der Waals surface area contributed by atoms with E-state index >= 15 is 0 Å². The highest BCUT2D eigenvalue weighted by atomic mass is 32.1. The smallest absolute Gasteiger partial charge is 0.336 e. The van der Waals surface area contributed by atoms with Crippen LogP contribution in [0, 0.1) is 0 Å². The third-order valence-corrected chi connectivity index (χ3v) is 6.33. The molecule has 0 amide bonds. The minimum absolute atomic E-state index is 0.268. The molecule has 3 heterocycles. The van der Waals surface area contributed by atoms with E-state index in [1.165, 1.54) is 22.9 Å². The fourth-order valence-corrected chi connectivity index (χ4v) is 4.99. The number of rotatable bonds is 4. The van der Waals surface area contributed by atoms with E-state index in [0.29, 0.717) is 11.5 Å². The van der Waals surface area contributed by atoms with E-state index in [1.807, 2.05) is 12.1 Å². The van der Waals surface area contributed by atoms with E-state index in [0.717, 1.165) is 46.0 Å². The van der Waals surface area contributed by atoms with E-state index in [-0.39, 0.29) is 12.2 Å². The first-order chi connectivity index (χ1) is 13.2. The molecule has 5 rings (SSSR count). The lowest BCUT2D eigenvalue weighted by molar-refractivity contribution is 0.298. The molecule has 1 aliphatic rings. The molecule has 0 radical (unpaired) electrons. The molecular formula is C21H18N2O3S. The van der Waals surface area contributed by atoms with Gasteiger partial charge in [0, 0.05) is 21.9 Å². The van der Waals surface area contributed by atoms with Crippen LogP contribution in [0.5, 0.6) is 5.88 Å². The number of hydrogen-bond acceptors (Lipinski definition) is 6. The number of thiophene rings is 1. The van der Waals surface area contributed by atoms with Gasteiger partial charge in [-0.2, -0.15) is 0 Å². The molecule has 136 valence electrons. The molecule has 0 atom stereocenters. The van der Waals surface area contributed by atoms with Crippen molar-refractivity contribution < 1.29 is 9.15 Å². The highest BCUT2D eigenvalue weighted by Crippen LogP contribution is 2.40. The number of fused-ring (bicyclic) bond motifs is 4. The molecule has 6 heteroatoms. The lowest BCUT2D eigenvalue weighted by atomic mass is 10.1. The molecule has 0 N–H and O–H groups in total. The summed E-state index contributed by atoms with van der Waals surface area (Å²) in [5, 5.41) is 1.93. The second kappa shape index (κ2) is 6.46. The zero-order chi connectivity index (χ0) is 18.4. The average molecular weight is 378 g/mol. The largest absolute Gasteiger partial charge is 0.472 e. The number of hydrogen-bond donors (Lipinski definition) is 0. The van der Waals surface area contributed by atoms with Gasteiger partial charge in [-0.25, -0.2) is 14.8 Å². The van der Waals surface area contributed by atoms with E-state index in [4.69, 9.17) is 9.15 Å². The van der Waals surface area contributed by atoms with Gasteiger partial charge < -0.3 is 9.15 Å². The number of aromatic nitrogens is 2. The van der Waals surface area contributed by atoms with Crippen LogP contribution in [0.25, 0.3) is 21.2 Å². The summed E-state index contributed by atoms with van der Waals surface area (Å²) in [5.41, 5.74) is 3.51. The minimum atomic E-state index is -0.362. The SMILES string of the molecule is CCc1ccc2c(COc3ncnc4sc5c(c34)CCC5)cc(=O)oc2c1. The maximum absolute atomic E-state index is 12.0. The van der Waals surface area contributed by atoms with Crippen LogP contribution < -0.4 is 10.4 Å². The fraction of sp³-hybridized carbons (Fsp3) is 0.286. The standard InChI is InChI=1S/C21H18N2O3S/c1-2-12-6-7-14-13(9-18(24)26-16(14)8-12)10-25-20-19-15-4-3-5-17(15)27-21(19)23-11-22-20/h6-9,11H,2-5,10H2,1H3. The van der Waals surface area contributed by atoms with Gasteiger partial charge in [-0.1, -0.05) is 19.1 Å². The van der Waals surface area contributed by atoms with E-state index < -0.39 is 0 Å². The Morgan fingerprint density at radius 1 is 1.22 bits per heavy atom. The highest BCUT2D eigenvalue weighted by Gasteiger charge is 2.22. The Kier molecular flexibility index (Phi) is 3.93. The van der Waals surface area contributed by atoms with Gasteiger partial charge in [0.2, 0.25) is 5.88 Å². The van der Waals surface area contributed by atoms with Crippen LogP contribution >= 0.6 is 11.3 Å². The summed E-state index contributed by atoms with van der Waals surface area (Å²) in [4.78, 5) is 23.2. The maximum atomic E-state index is 12.0. The Labute approximate surface area is 159 Å². The van der Waals surface area contributed by atoms with Crippen molar-refractivity contribution in [2.24, 2.45) is 0 Å². The van der Waals surface area contributed by atoms with Crippen molar-refractivity contribution in [3.8, 4) is 5.88 Å². The van der Waals surface area contributed by atoms with E-state index in [2.05, 4.69) is 23.0 Å². The van der Waals surface area contributed by atoms with Gasteiger partial charge in [-0.05, 0) is 42.9 Å². The van der Waals surface area contributed by atoms with Crippen molar-refractivity contribution in [3.05, 3.63) is 62.6 Å². The zero-order valence-electron chi connectivity index (χ0n) is 14.9. The van der Waals surface area contributed by atoms with Crippen molar-refractivity contribution in [1.29, 1.82) is 0 Å². The summed E-state index contributed by atoms with van der Waals surface area (Å²) < 4.78 is 11.5. The first-order valence-corrected chi connectivity index (χ1v) is 9.98. The number of aryl methyl sites for hydroxylation is 3. The molecule has 3 aromatic heterocycles. The van der Waals surface area contributed by atoms with Crippen molar-refractivity contribution in [3.63, 3.8) is 0 Å². The lowest BCUT2D eigenvalue weighted by Gasteiger charge is -2.09. The molecule has 0 spiro atoms. The third kappa shape index (κ3) is 2.80. The van der Waals surface area contributed by atoms with Crippen LogP contribution in [0.3, 0.4) is 0 Å². The van der Waals surface area contributed by atoms with E-state index in [9.17, 15) is 4.79 Å². The molecule has 0 saturated carbocycles. The third-order valence-electron chi connectivity index (χ3n) is 5.13. The normalized spacial score (nSPS) is 13.4. The predicted octanol–water partition coefficient (Wildman–Crippen LogP) is 4.43. The molecule has 1 aromatic carbocycles. The highest BCUT2D eigenvalue weighted by molar-refractivity contribution is 7.18. The van der Waals surface area contributed by atoms with Crippen LogP contribution in [0.1, 0.15) is 34.9 Å². The van der Waals surface area contributed by atoms with Crippen molar-refractivity contribution in [1.82, 2.24) is 9.97 Å². The molecule has 0 unspecified atom stereocenters. The Balaban J connectivity index is 1.54. The van der Waals surface area contributed by atoms with Crippen LogP contribution in [-0.4, -0.2) is 9.97 Å². The quantitative estimate of drug-likeness (QED) is 0.492. The summed E-state index contributed by atoms with van der Waals surface area (Å²) >= 11 is 1.74. The van der Waals surface area contributed by atoms with Crippen molar-refractivity contribution in [2.45, 2.75) is 39.2 Å². The number of benzene rings is 1. The summed E-state index contributed by atoms with van der Waals surface area (Å²) in [6, 6.07) is 7.48. The number of ether oxygens (including phenoxy) is 1. The average Bonchev–Trinajstić information content (AvgIpc) is 3.26. The Morgan fingerprint density at radius 2 is 2.15 bits per heavy atom. The lowest BCUT2D eigenvalue weighted by Crippen LogP contribution is -2.05. The van der Waals surface area contributed by atoms with Crippen LogP contribution in [0.4, 0.5) is 0 Å². The molecule has 0 aliphatic heterocycles. The van der Waals surface area contributed by atoms with Gasteiger partial charge in [0.25, 0.3) is 0 Å². The fourth-order valence-electron chi connectivity index (χ4n) is 3.77. The predicted molar refractivity (Wildman–Crippen MR) is 106 cm³/mol. The second-order valence-electron chi connectivity index (χ2n) is 6.78. The minimum Gasteiger partial charge on any atom is -0.472 e. The van der Waals surface area contributed by atoms with Gasteiger partial charge in [-0.3, -0.25) is 0 Å². The zero-order valence-corrected chi connectivity index (χ0v) is 15.8. The maximum Gasteiger partial charge on any atom is 0.336 e.